The largest absolute Gasteiger partial charge is 0.468 e. The molecule has 20 heavy (non-hydrogen) atoms. The monoisotopic (exact) mass is 313 g/mol. The molecule has 1 N–H and O–H groups in total. The van der Waals surface area contributed by atoms with Gasteiger partial charge in [0, 0.05) is 22.0 Å². The molecule has 106 valence electrons. The van der Waals surface area contributed by atoms with Crippen LogP contribution in [0.4, 0.5) is 4.39 Å². The van der Waals surface area contributed by atoms with Crippen LogP contribution in [0.15, 0.2) is 35.7 Å². The number of carbonyl (C=O) groups is 1. The summed E-state index contributed by atoms with van der Waals surface area (Å²) in [6, 6.07) is 7.20. The zero-order chi connectivity index (χ0) is 14.5. The summed E-state index contributed by atoms with van der Waals surface area (Å²) in [6.45, 7) is 0.458. The molecule has 6 heteroatoms. The molecule has 0 fully saturated rings. The first-order valence-electron chi connectivity index (χ1n) is 5.90. The van der Waals surface area contributed by atoms with Crippen molar-refractivity contribution in [2.24, 2.45) is 0 Å². The normalized spacial score (nSPS) is 12.2. The summed E-state index contributed by atoms with van der Waals surface area (Å²) in [5.74, 6) is -1.07. The van der Waals surface area contributed by atoms with Crippen LogP contribution in [-0.2, 0) is 16.1 Å². The number of carbonyl (C=O) groups excluding carboxylic acids is 1. The van der Waals surface area contributed by atoms with Gasteiger partial charge in [-0.1, -0.05) is 23.7 Å². The molecule has 0 spiro atoms. The summed E-state index contributed by atoms with van der Waals surface area (Å²) in [6.07, 6.45) is 0. The molecule has 1 aromatic carbocycles. The Kier molecular flexibility index (Phi) is 5.11. The van der Waals surface area contributed by atoms with E-state index >= 15 is 0 Å². The van der Waals surface area contributed by atoms with Crippen LogP contribution < -0.4 is 5.32 Å². The van der Waals surface area contributed by atoms with Crippen molar-refractivity contribution >= 4 is 28.9 Å². The lowest BCUT2D eigenvalue weighted by molar-refractivity contribution is -0.143. The number of ether oxygens (including phenoxy) is 1. The standard InChI is InChI=1S/C14H13ClFNO2S/c1-19-14(18)13(17-8-10-3-2-6-20-10)11-5-4-9(15)7-12(11)16/h2-7,13,17H,8H2,1H3. The van der Waals surface area contributed by atoms with Gasteiger partial charge in [-0.05, 0) is 23.6 Å². The molecule has 0 radical (unpaired) electrons. The molecule has 1 heterocycles. The molecule has 0 bridgehead atoms. The number of benzene rings is 1. The lowest BCUT2D eigenvalue weighted by Crippen LogP contribution is -2.29. The van der Waals surface area contributed by atoms with Crippen molar-refractivity contribution in [2.45, 2.75) is 12.6 Å². The van der Waals surface area contributed by atoms with Crippen LogP contribution in [0.25, 0.3) is 0 Å². The molecule has 0 aliphatic carbocycles. The number of esters is 1. The third-order valence-electron chi connectivity index (χ3n) is 2.77. The number of hydrogen-bond acceptors (Lipinski definition) is 4. The minimum atomic E-state index is -0.862. The summed E-state index contributed by atoms with van der Waals surface area (Å²) < 4.78 is 18.7. The molecular formula is C14H13ClFNO2S. The SMILES string of the molecule is COC(=O)C(NCc1cccs1)c1ccc(Cl)cc1F. The number of halogens is 2. The first-order chi connectivity index (χ1) is 9.61. The summed E-state index contributed by atoms with van der Waals surface area (Å²) in [7, 11) is 1.27. The number of methoxy groups -OCH3 is 1. The Morgan fingerprint density at radius 2 is 2.30 bits per heavy atom. The van der Waals surface area contributed by atoms with Crippen LogP contribution in [0.1, 0.15) is 16.5 Å². The van der Waals surface area contributed by atoms with Crippen molar-refractivity contribution in [1.82, 2.24) is 5.32 Å². The highest BCUT2D eigenvalue weighted by Crippen LogP contribution is 2.22. The zero-order valence-electron chi connectivity index (χ0n) is 10.7. The van der Waals surface area contributed by atoms with Crippen LogP contribution >= 0.6 is 22.9 Å². The molecule has 0 saturated carbocycles. The van der Waals surface area contributed by atoms with Crippen molar-refractivity contribution in [1.29, 1.82) is 0 Å². The Bertz CT molecular complexity index is 589. The lowest BCUT2D eigenvalue weighted by atomic mass is 10.1. The topological polar surface area (TPSA) is 38.3 Å². The summed E-state index contributed by atoms with van der Waals surface area (Å²) in [4.78, 5) is 12.9. The predicted molar refractivity (Wildman–Crippen MR) is 77.3 cm³/mol. The van der Waals surface area contributed by atoms with Gasteiger partial charge in [0.2, 0.25) is 0 Å². The van der Waals surface area contributed by atoms with E-state index in [1.165, 1.54) is 19.2 Å². The van der Waals surface area contributed by atoms with Crippen LogP contribution in [0.2, 0.25) is 5.02 Å². The van der Waals surface area contributed by atoms with E-state index in [2.05, 4.69) is 5.32 Å². The summed E-state index contributed by atoms with van der Waals surface area (Å²) in [5.41, 5.74) is 0.220. The molecule has 1 atom stereocenters. The van der Waals surface area contributed by atoms with Crippen molar-refractivity contribution in [2.75, 3.05) is 7.11 Å². The average Bonchev–Trinajstić information content (AvgIpc) is 2.93. The highest BCUT2D eigenvalue weighted by molar-refractivity contribution is 7.09. The van der Waals surface area contributed by atoms with E-state index in [1.807, 2.05) is 17.5 Å². The van der Waals surface area contributed by atoms with Gasteiger partial charge in [0.15, 0.2) is 0 Å². The van der Waals surface area contributed by atoms with E-state index < -0.39 is 17.8 Å². The van der Waals surface area contributed by atoms with Crippen molar-refractivity contribution in [3.05, 3.63) is 57.0 Å². The molecule has 0 saturated heterocycles. The molecule has 0 aliphatic rings. The van der Waals surface area contributed by atoms with Crippen LogP contribution in [-0.4, -0.2) is 13.1 Å². The quantitative estimate of drug-likeness (QED) is 0.858. The summed E-state index contributed by atoms with van der Waals surface area (Å²) in [5, 5.41) is 5.23. The van der Waals surface area contributed by atoms with E-state index in [-0.39, 0.29) is 10.6 Å². The van der Waals surface area contributed by atoms with Gasteiger partial charge in [-0.2, -0.15) is 0 Å². The van der Waals surface area contributed by atoms with E-state index in [1.54, 1.807) is 17.4 Å². The van der Waals surface area contributed by atoms with E-state index in [0.717, 1.165) is 4.88 Å². The molecule has 2 rings (SSSR count). The number of nitrogens with one attached hydrogen (secondary N) is 1. The molecular weight excluding hydrogens is 301 g/mol. The van der Waals surface area contributed by atoms with Crippen LogP contribution in [0.5, 0.6) is 0 Å². The second kappa shape index (κ2) is 6.83. The fourth-order valence-electron chi connectivity index (χ4n) is 1.79. The minimum absolute atomic E-state index is 0.220. The fourth-order valence-corrected chi connectivity index (χ4v) is 2.60. The van der Waals surface area contributed by atoms with Gasteiger partial charge in [-0.15, -0.1) is 11.3 Å². The van der Waals surface area contributed by atoms with Gasteiger partial charge < -0.3 is 4.74 Å². The number of hydrogen-bond donors (Lipinski definition) is 1. The molecule has 1 aromatic heterocycles. The highest BCUT2D eigenvalue weighted by Gasteiger charge is 2.24. The maximum absolute atomic E-state index is 13.9. The van der Waals surface area contributed by atoms with Gasteiger partial charge in [0.25, 0.3) is 0 Å². The second-order valence-electron chi connectivity index (χ2n) is 4.08. The van der Waals surface area contributed by atoms with Crippen LogP contribution in [0, 0.1) is 5.82 Å². The first-order valence-corrected chi connectivity index (χ1v) is 7.16. The number of rotatable bonds is 5. The maximum Gasteiger partial charge on any atom is 0.327 e. The molecule has 2 aromatic rings. The second-order valence-corrected chi connectivity index (χ2v) is 5.55. The molecule has 1 unspecified atom stereocenters. The molecule has 3 nitrogen and oxygen atoms in total. The van der Waals surface area contributed by atoms with E-state index in [4.69, 9.17) is 16.3 Å². The Labute approximate surface area is 125 Å². The van der Waals surface area contributed by atoms with Gasteiger partial charge in [0.05, 0.1) is 7.11 Å². The Morgan fingerprint density at radius 1 is 1.50 bits per heavy atom. The zero-order valence-corrected chi connectivity index (χ0v) is 12.3. The Hall–Kier alpha value is -1.43. The van der Waals surface area contributed by atoms with Gasteiger partial charge in [0.1, 0.15) is 11.9 Å². The van der Waals surface area contributed by atoms with E-state index in [9.17, 15) is 9.18 Å². The van der Waals surface area contributed by atoms with Gasteiger partial charge >= 0.3 is 5.97 Å². The van der Waals surface area contributed by atoms with Crippen molar-refractivity contribution < 1.29 is 13.9 Å². The highest BCUT2D eigenvalue weighted by atomic mass is 35.5. The third-order valence-corrected chi connectivity index (χ3v) is 3.88. The van der Waals surface area contributed by atoms with Gasteiger partial charge in [-0.3, -0.25) is 5.32 Å². The lowest BCUT2D eigenvalue weighted by Gasteiger charge is -2.17. The smallest absolute Gasteiger partial charge is 0.327 e. The molecule has 0 aliphatic heterocycles. The predicted octanol–water partition coefficient (Wildman–Crippen LogP) is 3.54. The average molecular weight is 314 g/mol. The Balaban J connectivity index is 2.20. The Morgan fingerprint density at radius 3 is 2.90 bits per heavy atom. The molecule has 0 amide bonds. The van der Waals surface area contributed by atoms with Crippen LogP contribution in [0.3, 0.4) is 0 Å². The van der Waals surface area contributed by atoms with Crippen molar-refractivity contribution in [3.8, 4) is 0 Å². The third kappa shape index (κ3) is 3.56. The fraction of sp³-hybridized carbons (Fsp3) is 0.214. The van der Waals surface area contributed by atoms with Crippen molar-refractivity contribution in [3.63, 3.8) is 0 Å². The maximum atomic E-state index is 13.9. The first kappa shape index (κ1) is 15.0. The van der Waals surface area contributed by atoms with E-state index in [0.29, 0.717) is 6.54 Å². The van der Waals surface area contributed by atoms with Gasteiger partial charge in [-0.25, -0.2) is 9.18 Å². The number of thiophene rings is 1. The minimum Gasteiger partial charge on any atom is -0.468 e. The summed E-state index contributed by atoms with van der Waals surface area (Å²) >= 11 is 7.28.